The first-order chi connectivity index (χ1) is 8.50. The molecule has 0 unspecified atom stereocenters. The predicted molar refractivity (Wildman–Crippen MR) is 78.0 cm³/mol. The van der Waals surface area contributed by atoms with Crippen LogP contribution in [-0.4, -0.2) is 27.2 Å². The van der Waals surface area contributed by atoms with Gasteiger partial charge in [0.25, 0.3) is 0 Å². The van der Waals surface area contributed by atoms with Crippen LogP contribution in [0.2, 0.25) is 0 Å². The lowest BCUT2D eigenvalue weighted by molar-refractivity contribution is 0.436. The lowest BCUT2D eigenvalue weighted by atomic mass is 9.97. The Kier molecular flexibility index (Phi) is 4.00. The standard InChI is InChI=1S/C13H22N4S/c1-5-11-10(7-17(4)16-11)6-14-12-15-8-13(2,3)9-18-12/h7H,5-6,8-9H2,1-4H3,(H,14,15). The Morgan fingerprint density at radius 1 is 1.50 bits per heavy atom. The van der Waals surface area contributed by atoms with E-state index in [0.29, 0.717) is 5.41 Å². The third-order valence-electron chi connectivity index (χ3n) is 3.01. The largest absolute Gasteiger partial charge is 0.361 e. The van der Waals surface area contributed by atoms with E-state index in [1.807, 2.05) is 23.5 Å². The zero-order valence-corrected chi connectivity index (χ0v) is 12.5. The Bertz CT molecular complexity index is 448. The maximum absolute atomic E-state index is 4.60. The van der Waals surface area contributed by atoms with Crippen LogP contribution in [0.1, 0.15) is 32.0 Å². The second kappa shape index (κ2) is 5.34. The second-order valence-electron chi connectivity index (χ2n) is 5.56. The molecule has 18 heavy (non-hydrogen) atoms. The zero-order chi connectivity index (χ0) is 13.2. The number of aromatic nitrogens is 2. The zero-order valence-electron chi connectivity index (χ0n) is 11.7. The molecule has 0 saturated heterocycles. The van der Waals surface area contributed by atoms with Crippen LogP contribution in [0.15, 0.2) is 11.2 Å². The number of aryl methyl sites for hydroxylation is 2. The molecule has 4 nitrogen and oxygen atoms in total. The van der Waals surface area contributed by atoms with E-state index in [0.717, 1.165) is 30.4 Å². The number of nitrogens with zero attached hydrogens (tertiary/aromatic N) is 3. The van der Waals surface area contributed by atoms with E-state index >= 15 is 0 Å². The Hall–Kier alpha value is -0.970. The Morgan fingerprint density at radius 3 is 2.89 bits per heavy atom. The minimum atomic E-state index is 0.332. The van der Waals surface area contributed by atoms with Gasteiger partial charge in [0, 0.05) is 37.7 Å². The van der Waals surface area contributed by atoms with Gasteiger partial charge in [-0.2, -0.15) is 5.10 Å². The first-order valence-corrected chi connectivity index (χ1v) is 7.41. The predicted octanol–water partition coefficient (Wildman–Crippen LogP) is 2.20. The normalized spacial score (nSPS) is 18.6. The highest BCUT2D eigenvalue weighted by Gasteiger charge is 2.23. The summed E-state index contributed by atoms with van der Waals surface area (Å²) in [5, 5.41) is 8.94. The van der Waals surface area contributed by atoms with Crippen LogP contribution >= 0.6 is 11.8 Å². The fourth-order valence-corrected chi connectivity index (χ4v) is 2.90. The first kappa shape index (κ1) is 13.5. The SMILES string of the molecule is CCc1nn(C)cc1CNC1=NCC(C)(C)CS1. The first-order valence-electron chi connectivity index (χ1n) is 6.43. The summed E-state index contributed by atoms with van der Waals surface area (Å²) in [6.07, 6.45) is 3.06. The summed E-state index contributed by atoms with van der Waals surface area (Å²) in [7, 11) is 1.97. The molecule has 100 valence electrons. The molecule has 2 rings (SSSR count). The van der Waals surface area contributed by atoms with Crippen molar-refractivity contribution in [3.05, 3.63) is 17.5 Å². The molecule has 0 spiro atoms. The highest BCUT2D eigenvalue weighted by atomic mass is 32.2. The molecule has 0 saturated carbocycles. The number of aliphatic imine (C=N–C) groups is 1. The average Bonchev–Trinajstić information content (AvgIpc) is 2.68. The number of thioether (sulfide) groups is 1. The van der Waals surface area contributed by atoms with Gasteiger partial charge in [-0.15, -0.1) is 0 Å². The van der Waals surface area contributed by atoms with E-state index < -0.39 is 0 Å². The molecule has 1 N–H and O–H groups in total. The molecule has 0 radical (unpaired) electrons. The third-order valence-corrected chi connectivity index (χ3v) is 4.48. The van der Waals surface area contributed by atoms with Gasteiger partial charge >= 0.3 is 0 Å². The van der Waals surface area contributed by atoms with Crippen molar-refractivity contribution in [1.82, 2.24) is 15.1 Å². The summed E-state index contributed by atoms with van der Waals surface area (Å²) in [4.78, 5) is 4.60. The van der Waals surface area contributed by atoms with Crippen molar-refractivity contribution < 1.29 is 0 Å². The van der Waals surface area contributed by atoms with Crippen molar-refractivity contribution in [3.8, 4) is 0 Å². The van der Waals surface area contributed by atoms with E-state index in [1.165, 1.54) is 11.3 Å². The number of rotatable bonds is 3. The highest BCUT2D eigenvalue weighted by molar-refractivity contribution is 8.13. The van der Waals surface area contributed by atoms with Gasteiger partial charge in [-0.1, -0.05) is 32.5 Å². The molecule has 5 heteroatoms. The van der Waals surface area contributed by atoms with Crippen LogP contribution in [0.25, 0.3) is 0 Å². The average molecular weight is 266 g/mol. The molecule has 0 bridgehead atoms. The molecule has 0 aliphatic carbocycles. The van der Waals surface area contributed by atoms with Gasteiger partial charge in [0.05, 0.1) is 5.69 Å². The molecule has 1 aromatic heterocycles. The molecule has 1 aromatic rings. The van der Waals surface area contributed by atoms with Crippen molar-refractivity contribution in [3.63, 3.8) is 0 Å². The van der Waals surface area contributed by atoms with Gasteiger partial charge in [0.1, 0.15) is 0 Å². The van der Waals surface area contributed by atoms with E-state index in [9.17, 15) is 0 Å². The van der Waals surface area contributed by atoms with E-state index in [4.69, 9.17) is 0 Å². The summed E-state index contributed by atoms with van der Waals surface area (Å²) in [5.74, 6) is 1.13. The fourth-order valence-electron chi connectivity index (χ4n) is 1.95. The lowest BCUT2D eigenvalue weighted by Crippen LogP contribution is -2.31. The third kappa shape index (κ3) is 3.28. The summed E-state index contributed by atoms with van der Waals surface area (Å²) >= 11 is 1.82. The summed E-state index contributed by atoms with van der Waals surface area (Å²) in [6, 6.07) is 0. The van der Waals surface area contributed by atoms with E-state index in [2.05, 4.69) is 42.4 Å². The number of hydrogen-bond donors (Lipinski definition) is 1. The molecular formula is C13H22N4S. The van der Waals surface area contributed by atoms with Crippen molar-refractivity contribution >= 4 is 16.9 Å². The number of amidine groups is 1. The maximum Gasteiger partial charge on any atom is 0.156 e. The highest BCUT2D eigenvalue weighted by Crippen LogP contribution is 2.27. The van der Waals surface area contributed by atoms with Crippen LogP contribution in [0.5, 0.6) is 0 Å². The van der Waals surface area contributed by atoms with Gasteiger partial charge in [-0.25, -0.2) is 0 Å². The van der Waals surface area contributed by atoms with E-state index in [1.54, 1.807) is 0 Å². The van der Waals surface area contributed by atoms with Crippen molar-refractivity contribution in [1.29, 1.82) is 0 Å². The Labute approximate surface area is 113 Å². The summed E-state index contributed by atoms with van der Waals surface area (Å²) in [6.45, 7) is 8.40. The van der Waals surface area contributed by atoms with Crippen LogP contribution in [0.4, 0.5) is 0 Å². The number of hydrogen-bond acceptors (Lipinski definition) is 4. The molecule has 0 atom stereocenters. The molecule has 1 aliphatic rings. The number of nitrogens with one attached hydrogen (secondary N) is 1. The van der Waals surface area contributed by atoms with Gasteiger partial charge in [-0.3, -0.25) is 9.67 Å². The molecular weight excluding hydrogens is 244 g/mol. The van der Waals surface area contributed by atoms with Gasteiger partial charge in [0.15, 0.2) is 5.17 Å². The topological polar surface area (TPSA) is 42.2 Å². The maximum atomic E-state index is 4.60. The van der Waals surface area contributed by atoms with Gasteiger partial charge < -0.3 is 5.32 Å². The smallest absolute Gasteiger partial charge is 0.156 e. The van der Waals surface area contributed by atoms with Crippen LogP contribution in [0, 0.1) is 5.41 Å². The summed E-state index contributed by atoms with van der Waals surface area (Å²) in [5.41, 5.74) is 2.78. The van der Waals surface area contributed by atoms with Gasteiger partial charge in [0.2, 0.25) is 0 Å². The molecule has 0 aromatic carbocycles. The minimum Gasteiger partial charge on any atom is -0.361 e. The van der Waals surface area contributed by atoms with Gasteiger partial charge in [-0.05, 0) is 11.8 Å². The molecule has 1 aliphatic heterocycles. The van der Waals surface area contributed by atoms with Crippen molar-refractivity contribution in [2.24, 2.45) is 17.5 Å². The Balaban J connectivity index is 1.94. The molecule has 0 fully saturated rings. The van der Waals surface area contributed by atoms with Crippen LogP contribution in [0.3, 0.4) is 0 Å². The Morgan fingerprint density at radius 2 is 2.28 bits per heavy atom. The molecule has 0 amide bonds. The lowest BCUT2D eigenvalue weighted by Gasteiger charge is -2.27. The minimum absolute atomic E-state index is 0.332. The van der Waals surface area contributed by atoms with E-state index in [-0.39, 0.29) is 0 Å². The fraction of sp³-hybridized carbons (Fsp3) is 0.692. The van der Waals surface area contributed by atoms with Crippen molar-refractivity contribution in [2.75, 3.05) is 12.3 Å². The van der Waals surface area contributed by atoms with Crippen molar-refractivity contribution in [2.45, 2.75) is 33.7 Å². The second-order valence-corrected chi connectivity index (χ2v) is 6.52. The monoisotopic (exact) mass is 266 g/mol. The quantitative estimate of drug-likeness (QED) is 0.912. The van der Waals surface area contributed by atoms with Crippen LogP contribution in [-0.2, 0) is 20.0 Å². The summed E-state index contributed by atoms with van der Waals surface area (Å²) < 4.78 is 1.88. The van der Waals surface area contributed by atoms with Crippen LogP contribution < -0.4 is 5.32 Å². The molecule has 2 heterocycles.